The van der Waals surface area contributed by atoms with Gasteiger partial charge in [-0.15, -0.1) is 11.3 Å². The Hall–Kier alpha value is -2.66. The Morgan fingerprint density at radius 3 is 2.50 bits per heavy atom. The second-order valence-electron chi connectivity index (χ2n) is 7.27. The van der Waals surface area contributed by atoms with E-state index < -0.39 is 10.0 Å². The molecule has 3 aromatic rings. The van der Waals surface area contributed by atoms with E-state index in [4.69, 9.17) is 27.5 Å². The standard InChI is InChI=1S/C21H21ClN4O4S2/c1-30-17-10-14(20(23)24)3-5-16(17)21(27)25-6-8-26(9-7-25)32(28,29)19-11-13-2-4-15(22)12-18(13)31-19/h2-5,10-12H,6-9H2,1H3,(H3,23,24). The number of thiophene rings is 1. The highest BCUT2D eigenvalue weighted by atomic mass is 35.5. The van der Waals surface area contributed by atoms with Crippen LogP contribution in [-0.2, 0) is 10.0 Å². The maximum atomic E-state index is 13.1. The Bertz CT molecular complexity index is 1310. The van der Waals surface area contributed by atoms with Gasteiger partial charge in [-0.3, -0.25) is 10.2 Å². The van der Waals surface area contributed by atoms with E-state index in [0.717, 1.165) is 10.1 Å². The molecule has 1 fully saturated rings. The number of hydrogen-bond acceptors (Lipinski definition) is 6. The molecule has 0 atom stereocenters. The average molecular weight is 493 g/mol. The Balaban J connectivity index is 1.49. The van der Waals surface area contributed by atoms with Crippen LogP contribution in [0.4, 0.5) is 0 Å². The predicted molar refractivity (Wildman–Crippen MR) is 126 cm³/mol. The lowest BCUT2D eigenvalue weighted by atomic mass is 10.1. The first-order chi connectivity index (χ1) is 15.2. The molecule has 168 valence electrons. The molecule has 1 aliphatic rings. The molecule has 0 bridgehead atoms. The summed E-state index contributed by atoms with van der Waals surface area (Å²) in [5, 5.41) is 8.92. The maximum absolute atomic E-state index is 13.1. The highest BCUT2D eigenvalue weighted by Crippen LogP contribution is 2.33. The van der Waals surface area contributed by atoms with Crippen molar-refractivity contribution in [3.8, 4) is 5.75 Å². The Morgan fingerprint density at radius 1 is 1.12 bits per heavy atom. The number of nitrogens with one attached hydrogen (secondary N) is 1. The molecule has 1 aliphatic heterocycles. The van der Waals surface area contributed by atoms with Crippen molar-refractivity contribution >= 4 is 54.8 Å². The molecule has 0 aliphatic carbocycles. The van der Waals surface area contributed by atoms with Gasteiger partial charge in [-0.2, -0.15) is 4.31 Å². The fourth-order valence-corrected chi connectivity index (χ4v) is 6.82. The van der Waals surface area contributed by atoms with Crippen molar-refractivity contribution in [2.24, 2.45) is 5.73 Å². The molecule has 2 heterocycles. The number of carbonyl (C=O) groups is 1. The minimum Gasteiger partial charge on any atom is -0.496 e. The van der Waals surface area contributed by atoms with Gasteiger partial charge in [0.05, 0.1) is 12.7 Å². The molecule has 1 amide bonds. The van der Waals surface area contributed by atoms with Crippen LogP contribution in [0, 0.1) is 5.41 Å². The highest BCUT2D eigenvalue weighted by molar-refractivity contribution is 7.91. The Kier molecular flexibility index (Phi) is 6.13. The third-order valence-corrected chi connectivity index (χ3v) is 9.00. The van der Waals surface area contributed by atoms with Gasteiger partial charge < -0.3 is 15.4 Å². The van der Waals surface area contributed by atoms with Crippen LogP contribution in [-0.4, -0.2) is 62.7 Å². The number of nitrogens with zero attached hydrogens (tertiary/aromatic N) is 2. The summed E-state index contributed by atoms with van der Waals surface area (Å²) in [5.41, 5.74) is 6.31. The van der Waals surface area contributed by atoms with Crippen molar-refractivity contribution in [1.29, 1.82) is 5.41 Å². The number of amides is 1. The molecule has 2 aromatic carbocycles. The summed E-state index contributed by atoms with van der Waals surface area (Å²) < 4.78 is 34.1. The number of nitrogen functional groups attached to an aromatic ring is 1. The first-order valence-corrected chi connectivity index (χ1v) is 12.3. The molecular formula is C21H21ClN4O4S2. The van der Waals surface area contributed by atoms with Crippen molar-refractivity contribution in [1.82, 2.24) is 9.21 Å². The first kappa shape index (κ1) is 22.5. The number of ether oxygens (including phenoxy) is 1. The number of sulfonamides is 1. The molecule has 3 N–H and O–H groups in total. The number of halogens is 1. The molecule has 0 unspecified atom stereocenters. The molecule has 11 heteroatoms. The smallest absolute Gasteiger partial charge is 0.257 e. The lowest BCUT2D eigenvalue weighted by Gasteiger charge is -2.34. The Morgan fingerprint density at radius 2 is 1.84 bits per heavy atom. The van der Waals surface area contributed by atoms with Gasteiger partial charge in [-0.1, -0.05) is 23.7 Å². The van der Waals surface area contributed by atoms with Gasteiger partial charge in [0, 0.05) is 41.5 Å². The van der Waals surface area contributed by atoms with Crippen LogP contribution >= 0.6 is 22.9 Å². The zero-order valence-electron chi connectivity index (χ0n) is 17.2. The van der Waals surface area contributed by atoms with E-state index in [9.17, 15) is 13.2 Å². The summed E-state index contributed by atoms with van der Waals surface area (Å²) in [6.07, 6.45) is 0. The molecule has 1 saturated heterocycles. The minimum absolute atomic E-state index is 0.121. The van der Waals surface area contributed by atoms with Crippen molar-refractivity contribution < 1.29 is 17.9 Å². The zero-order valence-corrected chi connectivity index (χ0v) is 19.6. The van der Waals surface area contributed by atoms with Gasteiger partial charge in [0.25, 0.3) is 15.9 Å². The highest BCUT2D eigenvalue weighted by Gasteiger charge is 2.32. The van der Waals surface area contributed by atoms with E-state index in [1.807, 2.05) is 0 Å². The molecular weight excluding hydrogens is 472 g/mol. The SMILES string of the molecule is COc1cc(C(=N)N)ccc1C(=O)N1CCN(S(=O)(=O)c2cc3ccc(Cl)cc3s2)CC1. The van der Waals surface area contributed by atoms with E-state index in [2.05, 4.69) is 0 Å². The predicted octanol–water partition coefficient (Wildman–Crippen LogP) is 2.99. The number of piperazine rings is 1. The summed E-state index contributed by atoms with van der Waals surface area (Å²) in [5.74, 6) is -0.0585. The van der Waals surface area contributed by atoms with Crippen molar-refractivity contribution in [2.75, 3.05) is 33.3 Å². The number of benzene rings is 2. The molecule has 8 nitrogen and oxygen atoms in total. The third kappa shape index (κ3) is 4.18. The van der Waals surface area contributed by atoms with Crippen LogP contribution in [0.2, 0.25) is 5.02 Å². The molecule has 0 radical (unpaired) electrons. The molecule has 0 spiro atoms. The van der Waals surface area contributed by atoms with Crippen LogP contribution in [0.15, 0.2) is 46.7 Å². The molecule has 32 heavy (non-hydrogen) atoms. The number of hydrogen-bond donors (Lipinski definition) is 2. The lowest BCUT2D eigenvalue weighted by molar-refractivity contribution is 0.0694. The van der Waals surface area contributed by atoms with Gasteiger partial charge >= 0.3 is 0 Å². The van der Waals surface area contributed by atoms with E-state index in [0.29, 0.717) is 21.9 Å². The monoisotopic (exact) mass is 492 g/mol. The molecule has 1 aromatic heterocycles. The Labute approximate surface area is 194 Å². The van der Waals surface area contributed by atoms with Gasteiger partial charge in [0.1, 0.15) is 15.8 Å². The van der Waals surface area contributed by atoms with Crippen molar-refractivity contribution in [3.05, 3.63) is 58.6 Å². The van der Waals surface area contributed by atoms with E-state index in [1.54, 1.807) is 47.4 Å². The van der Waals surface area contributed by atoms with Crippen LogP contribution in [0.25, 0.3) is 10.1 Å². The molecule has 0 saturated carbocycles. The van der Waals surface area contributed by atoms with Crippen LogP contribution in [0.5, 0.6) is 5.75 Å². The quantitative estimate of drug-likeness (QED) is 0.419. The molecule has 4 rings (SSSR count). The average Bonchev–Trinajstić information content (AvgIpc) is 3.22. The largest absolute Gasteiger partial charge is 0.496 e. The topological polar surface area (TPSA) is 117 Å². The zero-order chi connectivity index (χ0) is 23.0. The second-order valence-corrected chi connectivity index (χ2v) is 11.0. The fourth-order valence-electron chi connectivity index (χ4n) is 3.57. The summed E-state index contributed by atoms with van der Waals surface area (Å²) in [6.45, 7) is 0.895. The third-order valence-electron chi connectivity index (χ3n) is 5.32. The lowest BCUT2D eigenvalue weighted by Crippen LogP contribution is -2.50. The number of amidine groups is 1. The summed E-state index contributed by atoms with van der Waals surface area (Å²) in [6, 6.07) is 11.6. The minimum atomic E-state index is -3.67. The van der Waals surface area contributed by atoms with Crippen LogP contribution in [0.1, 0.15) is 15.9 Å². The first-order valence-electron chi connectivity index (χ1n) is 9.71. The van der Waals surface area contributed by atoms with E-state index >= 15 is 0 Å². The summed E-state index contributed by atoms with van der Waals surface area (Å²) in [4.78, 5) is 14.6. The normalized spacial score (nSPS) is 15.1. The van der Waals surface area contributed by atoms with Crippen molar-refractivity contribution in [2.45, 2.75) is 4.21 Å². The van der Waals surface area contributed by atoms with Crippen molar-refractivity contribution in [3.63, 3.8) is 0 Å². The number of carbonyl (C=O) groups excluding carboxylic acids is 1. The second kappa shape index (κ2) is 8.70. The van der Waals surface area contributed by atoms with Gasteiger partial charge in [-0.05, 0) is 35.7 Å². The van der Waals surface area contributed by atoms with Crippen LogP contribution < -0.4 is 10.5 Å². The number of fused-ring (bicyclic) bond motifs is 1. The maximum Gasteiger partial charge on any atom is 0.257 e. The number of methoxy groups -OCH3 is 1. The summed E-state index contributed by atoms with van der Waals surface area (Å²) in [7, 11) is -2.23. The van der Waals surface area contributed by atoms with Gasteiger partial charge in [-0.25, -0.2) is 8.42 Å². The fraction of sp³-hybridized carbons (Fsp3) is 0.238. The van der Waals surface area contributed by atoms with Gasteiger partial charge in [0.2, 0.25) is 0 Å². The van der Waals surface area contributed by atoms with E-state index in [-0.39, 0.29) is 42.1 Å². The number of rotatable bonds is 5. The van der Waals surface area contributed by atoms with Crippen LogP contribution in [0.3, 0.4) is 0 Å². The van der Waals surface area contributed by atoms with Gasteiger partial charge in [0.15, 0.2) is 0 Å². The van der Waals surface area contributed by atoms with E-state index in [1.165, 1.54) is 22.8 Å². The number of nitrogens with two attached hydrogens (primary N) is 1. The summed E-state index contributed by atoms with van der Waals surface area (Å²) >= 11 is 7.20.